The van der Waals surface area contributed by atoms with Gasteiger partial charge in [0.05, 0.1) is 6.20 Å². The van der Waals surface area contributed by atoms with Crippen LogP contribution in [-0.2, 0) is 4.74 Å². The zero-order valence-electron chi connectivity index (χ0n) is 12.6. The highest BCUT2D eigenvalue weighted by molar-refractivity contribution is 14.1. The van der Waals surface area contributed by atoms with Crippen molar-refractivity contribution in [3.63, 3.8) is 0 Å². The highest BCUT2D eigenvalue weighted by Crippen LogP contribution is 2.35. The molecular formula is C14H15FIN3O2S. The van der Waals surface area contributed by atoms with E-state index < -0.39 is 17.5 Å². The van der Waals surface area contributed by atoms with Crippen molar-refractivity contribution < 1.29 is 13.9 Å². The molecule has 22 heavy (non-hydrogen) atoms. The van der Waals surface area contributed by atoms with Gasteiger partial charge >= 0.3 is 6.09 Å². The van der Waals surface area contributed by atoms with E-state index in [1.807, 2.05) is 22.6 Å². The standard InChI is InChI=1S/C14H15FIN3O2S/c1-14(2,3)21-13(20)19(4)12-10(16)18-11(22-12)8-5-9(15)7-17-6-8/h5-7H,1-4H3. The predicted octanol–water partition coefficient (Wildman–Crippen LogP) is 4.32. The summed E-state index contributed by atoms with van der Waals surface area (Å²) in [4.78, 5) is 21.7. The highest BCUT2D eigenvalue weighted by Gasteiger charge is 2.24. The molecule has 0 unspecified atom stereocenters. The molecular weight excluding hydrogens is 420 g/mol. The molecule has 0 fully saturated rings. The number of hydrogen-bond donors (Lipinski definition) is 0. The fourth-order valence-electron chi connectivity index (χ4n) is 1.57. The van der Waals surface area contributed by atoms with Crippen LogP contribution in [0.4, 0.5) is 14.2 Å². The lowest BCUT2D eigenvalue weighted by Gasteiger charge is -2.23. The normalized spacial score (nSPS) is 11.4. The molecule has 0 spiro atoms. The largest absolute Gasteiger partial charge is 0.443 e. The first kappa shape index (κ1) is 17.1. The molecule has 0 saturated carbocycles. The van der Waals surface area contributed by atoms with Crippen LogP contribution < -0.4 is 4.90 Å². The number of carbonyl (C=O) groups is 1. The van der Waals surface area contributed by atoms with Gasteiger partial charge in [-0.05, 0) is 49.4 Å². The Balaban J connectivity index is 2.28. The Bertz CT molecular complexity index is 700. The molecule has 2 rings (SSSR count). The van der Waals surface area contributed by atoms with Crippen LogP contribution in [0.25, 0.3) is 10.6 Å². The van der Waals surface area contributed by atoms with E-state index in [2.05, 4.69) is 9.97 Å². The van der Waals surface area contributed by atoms with Crippen LogP contribution in [0.3, 0.4) is 0 Å². The minimum Gasteiger partial charge on any atom is -0.443 e. The van der Waals surface area contributed by atoms with Crippen LogP contribution in [0.15, 0.2) is 18.5 Å². The second-order valence-corrected chi connectivity index (χ2v) is 7.55. The van der Waals surface area contributed by atoms with Crippen LogP contribution in [0.5, 0.6) is 0 Å². The molecule has 5 nitrogen and oxygen atoms in total. The second-order valence-electron chi connectivity index (χ2n) is 5.55. The summed E-state index contributed by atoms with van der Waals surface area (Å²) in [6, 6.07) is 1.36. The van der Waals surface area contributed by atoms with Crippen molar-refractivity contribution >= 4 is 45.0 Å². The maximum Gasteiger partial charge on any atom is 0.415 e. The Morgan fingerprint density at radius 2 is 2.09 bits per heavy atom. The molecule has 2 aromatic rings. The minimum atomic E-state index is -0.573. The first-order valence-corrected chi connectivity index (χ1v) is 8.31. The number of ether oxygens (including phenoxy) is 1. The SMILES string of the molecule is CN(C(=O)OC(C)(C)C)c1sc(-c2cncc(F)c2)nc1I. The quantitative estimate of drug-likeness (QED) is 0.660. The van der Waals surface area contributed by atoms with Gasteiger partial charge in [-0.2, -0.15) is 0 Å². The van der Waals surface area contributed by atoms with Crippen molar-refractivity contribution in [3.05, 3.63) is 28.0 Å². The van der Waals surface area contributed by atoms with Crippen molar-refractivity contribution in [2.24, 2.45) is 0 Å². The van der Waals surface area contributed by atoms with E-state index in [9.17, 15) is 9.18 Å². The molecule has 0 radical (unpaired) electrons. The second kappa shape index (κ2) is 6.45. The van der Waals surface area contributed by atoms with Gasteiger partial charge in [0, 0.05) is 18.8 Å². The first-order valence-electron chi connectivity index (χ1n) is 6.41. The molecule has 1 amide bonds. The van der Waals surface area contributed by atoms with E-state index in [0.717, 1.165) is 6.20 Å². The number of amides is 1. The molecule has 0 aliphatic carbocycles. The van der Waals surface area contributed by atoms with Crippen molar-refractivity contribution in [2.45, 2.75) is 26.4 Å². The van der Waals surface area contributed by atoms with Crippen LogP contribution in [-0.4, -0.2) is 28.7 Å². The van der Waals surface area contributed by atoms with Gasteiger partial charge in [0.1, 0.15) is 25.1 Å². The van der Waals surface area contributed by atoms with Gasteiger partial charge in [0.15, 0.2) is 0 Å². The number of carbonyl (C=O) groups excluding carboxylic acids is 1. The monoisotopic (exact) mass is 435 g/mol. The van der Waals surface area contributed by atoms with E-state index in [-0.39, 0.29) is 0 Å². The van der Waals surface area contributed by atoms with E-state index in [1.165, 1.54) is 28.5 Å². The number of aromatic nitrogens is 2. The van der Waals surface area contributed by atoms with Crippen LogP contribution in [0.1, 0.15) is 20.8 Å². The van der Waals surface area contributed by atoms with Gasteiger partial charge in [-0.15, -0.1) is 0 Å². The average molecular weight is 435 g/mol. The van der Waals surface area contributed by atoms with Gasteiger partial charge in [-0.1, -0.05) is 11.3 Å². The number of pyridine rings is 1. The molecule has 0 N–H and O–H groups in total. The number of anilines is 1. The van der Waals surface area contributed by atoms with Crippen LogP contribution in [0.2, 0.25) is 0 Å². The summed E-state index contributed by atoms with van der Waals surface area (Å²) in [6.07, 6.45) is 2.21. The van der Waals surface area contributed by atoms with Crippen molar-refractivity contribution in [3.8, 4) is 10.6 Å². The summed E-state index contributed by atoms with van der Waals surface area (Å²) in [5.41, 5.74) is 0.00306. The molecule has 2 heterocycles. The smallest absolute Gasteiger partial charge is 0.415 e. The number of thiazole rings is 1. The molecule has 2 aromatic heterocycles. The molecule has 0 aromatic carbocycles. The fourth-order valence-corrected chi connectivity index (χ4v) is 3.55. The summed E-state index contributed by atoms with van der Waals surface area (Å²) >= 11 is 3.32. The van der Waals surface area contributed by atoms with Crippen molar-refractivity contribution in [2.75, 3.05) is 11.9 Å². The Morgan fingerprint density at radius 1 is 1.41 bits per heavy atom. The molecule has 0 saturated heterocycles. The molecule has 0 aliphatic heterocycles. The van der Waals surface area contributed by atoms with Crippen molar-refractivity contribution in [1.29, 1.82) is 0 Å². The van der Waals surface area contributed by atoms with E-state index in [1.54, 1.807) is 27.8 Å². The lowest BCUT2D eigenvalue weighted by atomic mass is 10.2. The summed E-state index contributed by atoms with van der Waals surface area (Å²) < 4.78 is 19.2. The lowest BCUT2D eigenvalue weighted by molar-refractivity contribution is 0.0590. The van der Waals surface area contributed by atoms with Crippen LogP contribution >= 0.6 is 33.9 Å². The predicted molar refractivity (Wildman–Crippen MR) is 92.7 cm³/mol. The van der Waals surface area contributed by atoms with Gasteiger partial charge in [-0.25, -0.2) is 14.2 Å². The third-order valence-corrected chi connectivity index (χ3v) is 4.79. The molecule has 0 atom stereocenters. The molecule has 8 heteroatoms. The third kappa shape index (κ3) is 4.13. The average Bonchev–Trinajstić information content (AvgIpc) is 2.78. The number of hydrogen-bond acceptors (Lipinski definition) is 5. The Hall–Kier alpha value is -1.29. The van der Waals surface area contributed by atoms with Gasteiger partial charge in [-0.3, -0.25) is 9.88 Å². The first-order chi connectivity index (χ1) is 10.2. The Kier molecular flexibility index (Phi) is 5.00. The number of nitrogens with zero attached hydrogens (tertiary/aromatic N) is 3. The minimum absolute atomic E-state index is 0.426. The molecule has 0 bridgehead atoms. The number of rotatable bonds is 2. The maximum absolute atomic E-state index is 13.3. The summed E-state index contributed by atoms with van der Waals surface area (Å²) in [7, 11) is 1.62. The number of halogens is 2. The molecule has 118 valence electrons. The summed E-state index contributed by atoms with van der Waals surface area (Å²) in [5, 5.41) is 1.25. The highest BCUT2D eigenvalue weighted by atomic mass is 127. The summed E-state index contributed by atoms with van der Waals surface area (Å²) in [6.45, 7) is 5.42. The van der Waals surface area contributed by atoms with E-state index in [0.29, 0.717) is 19.3 Å². The van der Waals surface area contributed by atoms with E-state index in [4.69, 9.17) is 4.74 Å². The zero-order valence-corrected chi connectivity index (χ0v) is 15.5. The van der Waals surface area contributed by atoms with E-state index >= 15 is 0 Å². The van der Waals surface area contributed by atoms with Gasteiger partial charge in [0.2, 0.25) is 0 Å². The Morgan fingerprint density at radius 3 is 2.68 bits per heavy atom. The fraction of sp³-hybridized carbons (Fsp3) is 0.357. The third-order valence-electron chi connectivity index (χ3n) is 2.49. The van der Waals surface area contributed by atoms with Crippen LogP contribution in [0, 0.1) is 9.52 Å². The van der Waals surface area contributed by atoms with Crippen molar-refractivity contribution in [1.82, 2.24) is 9.97 Å². The molecule has 0 aliphatic rings. The maximum atomic E-state index is 13.3. The van der Waals surface area contributed by atoms with Gasteiger partial charge < -0.3 is 4.74 Å². The topological polar surface area (TPSA) is 55.3 Å². The summed E-state index contributed by atoms with van der Waals surface area (Å²) in [5.74, 6) is -0.426. The lowest BCUT2D eigenvalue weighted by Crippen LogP contribution is -2.34. The zero-order chi connectivity index (χ0) is 16.5. The Labute approximate surface area is 145 Å². The van der Waals surface area contributed by atoms with Gasteiger partial charge in [0.25, 0.3) is 0 Å².